The standard InChI is InChI=1S/C23H30N2O3S/c1-21(2)18-8-10-23(21,20(15-18)24-26)16-29(27,28)25-13-11-22(12-14-25)9-7-17-5-3-4-6-19(17)22/h3-7,9,18,26H,8,10-16H2,1-2H3. The molecule has 6 heteroatoms. The second-order valence-electron chi connectivity index (χ2n) is 10.0. The van der Waals surface area contributed by atoms with Crippen molar-refractivity contribution in [3.8, 4) is 0 Å². The number of nitrogens with zero attached hydrogens (tertiary/aromatic N) is 2. The molecule has 0 aromatic heterocycles. The Bertz CT molecular complexity index is 1000. The van der Waals surface area contributed by atoms with Crippen LogP contribution in [0.2, 0.25) is 0 Å². The molecule has 1 saturated heterocycles. The summed E-state index contributed by atoms with van der Waals surface area (Å²) in [6.45, 7) is 5.41. The third-order valence-corrected chi connectivity index (χ3v) is 10.8. The molecule has 5 rings (SSSR count). The molecular weight excluding hydrogens is 384 g/mol. The van der Waals surface area contributed by atoms with E-state index in [2.05, 4.69) is 55.4 Å². The number of sulfonamides is 1. The Hall–Kier alpha value is -1.66. The average Bonchev–Trinajstić information content (AvgIpc) is 3.24. The maximum Gasteiger partial charge on any atom is 0.215 e. The summed E-state index contributed by atoms with van der Waals surface area (Å²) in [6.07, 6.45) is 8.65. The van der Waals surface area contributed by atoms with Crippen LogP contribution in [0.4, 0.5) is 0 Å². The highest BCUT2D eigenvalue weighted by Gasteiger charge is 2.64. The third kappa shape index (κ3) is 2.54. The van der Waals surface area contributed by atoms with Crippen LogP contribution in [0, 0.1) is 16.7 Å². The van der Waals surface area contributed by atoms with Crippen LogP contribution in [-0.4, -0.2) is 42.5 Å². The van der Waals surface area contributed by atoms with Crippen molar-refractivity contribution in [3.05, 3.63) is 41.5 Å². The number of benzene rings is 1. The number of rotatable bonds is 3. The maximum absolute atomic E-state index is 13.5. The molecule has 3 aliphatic carbocycles. The predicted molar refractivity (Wildman–Crippen MR) is 115 cm³/mol. The highest BCUT2D eigenvalue weighted by molar-refractivity contribution is 7.89. The van der Waals surface area contributed by atoms with Crippen molar-refractivity contribution in [2.45, 2.75) is 51.4 Å². The van der Waals surface area contributed by atoms with Crippen molar-refractivity contribution in [2.24, 2.45) is 21.9 Å². The van der Waals surface area contributed by atoms with E-state index in [0.29, 0.717) is 24.7 Å². The van der Waals surface area contributed by atoms with Gasteiger partial charge in [-0.15, -0.1) is 0 Å². The van der Waals surface area contributed by atoms with E-state index in [1.807, 2.05) is 0 Å². The molecule has 29 heavy (non-hydrogen) atoms. The lowest BCUT2D eigenvalue weighted by Gasteiger charge is -2.42. The van der Waals surface area contributed by atoms with Gasteiger partial charge in [-0.05, 0) is 54.6 Å². The van der Waals surface area contributed by atoms with E-state index in [1.165, 1.54) is 11.1 Å². The van der Waals surface area contributed by atoms with Gasteiger partial charge in [-0.1, -0.05) is 55.4 Å². The lowest BCUT2D eigenvalue weighted by Crippen LogP contribution is -2.50. The molecule has 0 amide bonds. The molecule has 156 valence electrons. The van der Waals surface area contributed by atoms with Gasteiger partial charge in [0, 0.05) is 23.9 Å². The van der Waals surface area contributed by atoms with Gasteiger partial charge >= 0.3 is 0 Å². The number of fused-ring (bicyclic) bond motifs is 4. The number of hydrogen-bond acceptors (Lipinski definition) is 4. The van der Waals surface area contributed by atoms with Gasteiger partial charge in [0.2, 0.25) is 10.0 Å². The molecule has 5 nitrogen and oxygen atoms in total. The average molecular weight is 415 g/mol. The number of piperidine rings is 1. The van der Waals surface area contributed by atoms with Crippen molar-refractivity contribution in [2.75, 3.05) is 18.8 Å². The molecule has 1 aromatic rings. The van der Waals surface area contributed by atoms with Crippen LogP contribution in [0.15, 0.2) is 35.5 Å². The van der Waals surface area contributed by atoms with E-state index in [4.69, 9.17) is 0 Å². The fourth-order valence-electron chi connectivity index (χ4n) is 6.71. The smallest absolute Gasteiger partial charge is 0.215 e. The van der Waals surface area contributed by atoms with Crippen molar-refractivity contribution in [1.29, 1.82) is 0 Å². The number of hydrogen-bond donors (Lipinski definition) is 1. The quantitative estimate of drug-likeness (QED) is 0.600. The molecule has 4 aliphatic rings. The van der Waals surface area contributed by atoms with Gasteiger partial charge in [0.25, 0.3) is 0 Å². The summed E-state index contributed by atoms with van der Waals surface area (Å²) < 4.78 is 28.7. The predicted octanol–water partition coefficient (Wildman–Crippen LogP) is 4.03. The van der Waals surface area contributed by atoms with E-state index in [0.717, 1.165) is 32.1 Å². The van der Waals surface area contributed by atoms with Crippen LogP contribution < -0.4 is 0 Å². The van der Waals surface area contributed by atoms with Crippen LogP contribution in [-0.2, 0) is 15.4 Å². The molecule has 3 fully saturated rings. The topological polar surface area (TPSA) is 70.0 Å². The van der Waals surface area contributed by atoms with Crippen LogP contribution in [0.1, 0.15) is 57.1 Å². The molecule has 1 spiro atoms. The van der Waals surface area contributed by atoms with E-state index in [9.17, 15) is 13.6 Å². The normalized spacial score (nSPS) is 33.6. The molecule has 2 saturated carbocycles. The molecule has 2 bridgehead atoms. The Balaban J connectivity index is 1.37. The molecule has 1 heterocycles. The van der Waals surface area contributed by atoms with Crippen LogP contribution in [0.25, 0.3) is 6.08 Å². The molecular formula is C23H30N2O3S. The fraction of sp³-hybridized carbons (Fsp3) is 0.609. The van der Waals surface area contributed by atoms with Crippen molar-refractivity contribution in [1.82, 2.24) is 4.31 Å². The first-order chi connectivity index (χ1) is 13.7. The van der Waals surface area contributed by atoms with Gasteiger partial charge in [0.1, 0.15) is 0 Å². The van der Waals surface area contributed by atoms with Crippen LogP contribution in [0.5, 0.6) is 0 Å². The Morgan fingerprint density at radius 2 is 1.90 bits per heavy atom. The van der Waals surface area contributed by atoms with Gasteiger partial charge < -0.3 is 5.21 Å². The Morgan fingerprint density at radius 1 is 1.17 bits per heavy atom. The highest BCUT2D eigenvalue weighted by atomic mass is 32.2. The van der Waals surface area contributed by atoms with E-state index < -0.39 is 15.4 Å². The molecule has 0 radical (unpaired) electrons. The molecule has 1 aromatic carbocycles. The summed E-state index contributed by atoms with van der Waals surface area (Å²) >= 11 is 0. The second kappa shape index (κ2) is 6.17. The third-order valence-electron chi connectivity index (χ3n) is 8.80. The summed E-state index contributed by atoms with van der Waals surface area (Å²) in [5.41, 5.74) is 2.59. The van der Waals surface area contributed by atoms with Crippen molar-refractivity contribution < 1.29 is 13.6 Å². The molecule has 1 N–H and O–H groups in total. The zero-order valence-electron chi connectivity index (χ0n) is 17.3. The van der Waals surface area contributed by atoms with Crippen LogP contribution >= 0.6 is 0 Å². The summed E-state index contributed by atoms with van der Waals surface area (Å²) in [5.74, 6) is 0.482. The SMILES string of the molecule is CC1(C)C2CCC1(CS(=O)(=O)N1CCC3(C=Cc4ccccc43)CC1)C(=NO)C2. The van der Waals surface area contributed by atoms with Gasteiger partial charge in [-0.25, -0.2) is 12.7 Å². The second-order valence-corrected chi connectivity index (χ2v) is 12.0. The first kappa shape index (κ1) is 19.3. The summed E-state index contributed by atoms with van der Waals surface area (Å²) in [6, 6.07) is 8.45. The van der Waals surface area contributed by atoms with E-state index in [-0.39, 0.29) is 16.6 Å². The first-order valence-electron chi connectivity index (χ1n) is 10.7. The van der Waals surface area contributed by atoms with Crippen molar-refractivity contribution in [3.63, 3.8) is 0 Å². The van der Waals surface area contributed by atoms with Gasteiger partial charge in [0.05, 0.1) is 11.5 Å². The lowest BCUT2D eigenvalue weighted by atomic mass is 9.70. The summed E-state index contributed by atoms with van der Waals surface area (Å²) in [5, 5.41) is 13.2. The van der Waals surface area contributed by atoms with Gasteiger partial charge in [-0.3, -0.25) is 0 Å². The van der Waals surface area contributed by atoms with E-state index in [1.54, 1.807) is 4.31 Å². The Kier molecular flexibility index (Phi) is 4.11. The zero-order valence-corrected chi connectivity index (χ0v) is 18.1. The summed E-state index contributed by atoms with van der Waals surface area (Å²) in [4.78, 5) is 0. The number of allylic oxidation sites excluding steroid dienone is 1. The van der Waals surface area contributed by atoms with Crippen LogP contribution in [0.3, 0.4) is 0 Å². The molecule has 2 unspecified atom stereocenters. The van der Waals surface area contributed by atoms with Gasteiger partial charge in [0.15, 0.2) is 0 Å². The maximum atomic E-state index is 13.5. The Labute approximate surface area is 173 Å². The monoisotopic (exact) mass is 414 g/mol. The minimum absolute atomic E-state index is 0.0241. The summed E-state index contributed by atoms with van der Waals surface area (Å²) in [7, 11) is -3.43. The fourth-order valence-corrected chi connectivity index (χ4v) is 8.94. The minimum Gasteiger partial charge on any atom is -0.411 e. The largest absolute Gasteiger partial charge is 0.411 e. The Morgan fingerprint density at radius 3 is 2.59 bits per heavy atom. The zero-order chi connectivity index (χ0) is 20.5. The van der Waals surface area contributed by atoms with Gasteiger partial charge in [-0.2, -0.15) is 0 Å². The highest BCUT2D eigenvalue weighted by Crippen LogP contribution is 2.64. The first-order valence-corrected chi connectivity index (χ1v) is 12.3. The van der Waals surface area contributed by atoms with E-state index >= 15 is 0 Å². The molecule has 2 atom stereocenters. The van der Waals surface area contributed by atoms with Crippen molar-refractivity contribution >= 4 is 21.8 Å². The molecule has 1 aliphatic heterocycles. The minimum atomic E-state index is -3.43. The lowest BCUT2D eigenvalue weighted by molar-refractivity contribution is 0.188. The number of oxime groups is 1.